The van der Waals surface area contributed by atoms with Crippen LogP contribution in [-0.2, 0) is 5.41 Å². The molecule has 8 aromatic carbocycles. The maximum atomic E-state index is 5.37. The Balaban J connectivity index is 1.24. The van der Waals surface area contributed by atoms with E-state index < -0.39 is 0 Å². The van der Waals surface area contributed by atoms with Gasteiger partial charge in [-0.3, -0.25) is 0 Å². The van der Waals surface area contributed by atoms with Crippen molar-refractivity contribution in [1.29, 1.82) is 0 Å². The summed E-state index contributed by atoms with van der Waals surface area (Å²) in [6, 6.07) is 51.6. The van der Waals surface area contributed by atoms with E-state index in [9.17, 15) is 0 Å². The molecule has 0 amide bonds. The van der Waals surface area contributed by atoms with Crippen LogP contribution in [-0.4, -0.2) is 4.98 Å². The lowest BCUT2D eigenvalue weighted by Gasteiger charge is -2.26. The molecule has 0 spiro atoms. The van der Waals surface area contributed by atoms with Gasteiger partial charge >= 0.3 is 0 Å². The van der Waals surface area contributed by atoms with E-state index in [0.717, 1.165) is 11.2 Å². The van der Waals surface area contributed by atoms with E-state index in [1.807, 2.05) is 0 Å². The van der Waals surface area contributed by atoms with Crippen LogP contribution < -0.4 is 0 Å². The number of hydrogen-bond donors (Lipinski definition) is 0. The summed E-state index contributed by atoms with van der Waals surface area (Å²) < 4.78 is 0. The minimum absolute atomic E-state index is 0.176. The largest absolute Gasteiger partial charge is 0.247 e. The molecule has 0 N–H and O–H groups in total. The predicted molar refractivity (Wildman–Crippen MR) is 191 cm³/mol. The Bertz CT molecular complexity index is 2640. The second-order valence-corrected chi connectivity index (χ2v) is 13.1. The molecule has 0 radical (unpaired) electrons. The molecule has 1 heteroatoms. The molecule has 0 atom stereocenters. The molecule has 1 aromatic heterocycles. The molecule has 0 saturated heterocycles. The molecule has 1 aliphatic carbocycles. The fourth-order valence-corrected chi connectivity index (χ4v) is 8.30. The van der Waals surface area contributed by atoms with E-state index in [1.165, 1.54) is 87.4 Å². The standard InChI is InChI=1S/C44H29N/c1-44(2)36-13-6-5-12-35(36)43-42(44)40(41-33-11-4-3-8-26(33)22-25-37(41)45-43)31-16-14-27(15-17-31)32-23-20-30-19-18-28-9-7-10-29-21-24-34(32)39(30)38(28)29/h3-25H,1-2H3. The van der Waals surface area contributed by atoms with E-state index in [4.69, 9.17) is 4.98 Å². The van der Waals surface area contributed by atoms with Gasteiger partial charge in [-0.1, -0.05) is 147 Å². The quantitative estimate of drug-likeness (QED) is 0.188. The van der Waals surface area contributed by atoms with Crippen molar-refractivity contribution in [2.24, 2.45) is 0 Å². The van der Waals surface area contributed by atoms with E-state index >= 15 is 0 Å². The molecular formula is C44H29N. The Kier molecular flexibility index (Phi) is 4.85. The Morgan fingerprint density at radius 2 is 1.09 bits per heavy atom. The summed E-state index contributed by atoms with van der Waals surface area (Å²) in [6.45, 7) is 4.72. The fraction of sp³-hybridized carbons (Fsp3) is 0.0682. The molecule has 0 fully saturated rings. The van der Waals surface area contributed by atoms with Crippen LogP contribution in [0.15, 0.2) is 140 Å². The van der Waals surface area contributed by atoms with Gasteiger partial charge in [-0.05, 0) is 82.5 Å². The summed E-state index contributed by atoms with van der Waals surface area (Å²) in [4.78, 5) is 5.37. The molecule has 0 aliphatic heterocycles. The Morgan fingerprint density at radius 3 is 1.93 bits per heavy atom. The normalized spacial score (nSPS) is 13.7. The third-order valence-corrected chi connectivity index (χ3v) is 10.4. The fourth-order valence-electron chi connectivity index (χ4n) is 8.30. The maximum Gasteiger partial charge on any atom is 0.0759 e. The highest BCUT2D eigenvalue weighted by molar-refractivity contribution is 6.25. The van der Waals surface area contributed by atoms with Crippen molar-refractivity contribution >= 4 is 54.0 Å². The van der Waals surface area contributed by atoms with E-state index in [1.54, 1.807) is 0 Å². The van der Waals surface area contributed by atoms with Gasteiger partial charge in [0.15, 0.2) is 0 Å². The van der Waals surface area contributed by atoms with Gasteiger partial charge < -0.3 is 0 Å². The van der Waals surface area contributed by atoms with Crippen LogP contribution in [0.25, 0.3) is 87.5 Å². The molecule has 1 nitrogen and oxygen atoms in total. The SMILES string of the molecule is CC1(C)c2ccccc2-c2nc3ccc4ccccc4c3c(-c3ccc(-c4ccc5ccc6cccc7ccc4c5c67)cc3)c21. The number of aromatic nitrogens is 1. The van der Waals surface area contributed by atoms with Crippen LogP contribution in [0.2, 0.25) is 0 Å². The van der Waals surface area contributed by atoms with Crippen LogP contribution in [0.4, 0.5) is 0 Å². The van der Waals surface area contributed by atoms with Crippen molar-refractivity contribution in [3.63, 3.8) is 0 Å². The minimum Gasteiger partial charge on any atom is -0.247 e. The summed E-state index contributed by atoms with van der Waals surface area (Å²) >= 11 is 0. The molecule has 210 valence electrons. The maximum absolute atomic E-state index is 5.37. The second-order valence-electron chi connectivity index (χ2n) is 13.1. The summed E-state index contributed by atoms with van der Waals surface area (Å²) in [5.41, 5.74) is 10.9. The summed E-state index contributed by atoms with van der Waals surface area (Å²) in [5, 5.41) is 11.6. The molecule has 0 bridgehead atoms. The van der Waals surface area contributed by atoms with Crippen LogP contribution in [0.1, 0.15) is 25.0 Å². The minimum atomic E-state index is -0.176. The first kappa shape index (κ1) is 24.9. The van der Waals surface area contributed by atoms with Crippen molar-refractivity contribution in [1.82, 2.24) is 4.98 Å². The smallest absolute Gasteiger partial charge is 0.0759 e. The van der Waals surface area contributed by atoms with Crippen LogP contribution in [0.5, 0.6) is 0 Å². The number of pyridine rings is 1. The Labute approximate surface area is 261 Å². The molecule has 0 unspecified atom stereocenters. The Morgan fingerprint density at radius 1 is 0.444 bits per heavy atom. The first-order chi connectivity index (χ1) is 22.1. The van der Waals surface area contributed by atoms with Crippen molar-refractivity contribution < 1.29 is 0 Å². The van der Waals surface area contributed by atoms with Gasteiger partial charge in [0, 0.05) is 16.4 Å². The molecule has 9 aromatic rings. The molecule has 45 heavy (non-hydrogen) atoms. The van der Waals surface area contributed by atoms with Crippen LogP contribution in [0, 0.1) is 0 Å². The summed E-state index contributed by atoms with van der Waals surface area (Å²) in [7, 11) is 0. The first-order valence-corrected chi connectivity index (χ1v) is 15.8. The van der Waals surface area contributed by atoms with Gasteiger partial charge in [0.05, 0.1) is 11.2 Å². The molecule has 1 aliphatic rings. The van der Waals surface area contributed by atoms with Crippen LogP contribution >= 0.6 is 0 Å². The molecule has 0 saturated carbocycles. The monoisotopic (exact) mass is 571 g/mol. The topological polar surface area (TPSA) is 12.9 Å². The van der Waals surface area contributed by atoms with Gasteiger partial charge in [0.2, 0.25) is 0 Å². The zero-order chi connectivity index (χ0) is 29.9. The average molecular weight is 572 g/mol. The van der Waals surface area contributed by atoms with Crippen molar-refractivity contribution in [3.05, 3.63) is 151 Å². The van der Waals surface area contributed by atoms with E-state index in [0.29, 0.717) is 0 Å². The number of benzene rings is 8. The zero-order valence-electron chi connectivity index (χ0n) is 25.2. The van der Waals surface area contributed by atoms with Crippen molar-refractivity contribution in [2.45, 2.75) is 19.3 Å². The number of rotatable bonds is 2. The highest BCUT2D eigenvalue weighted by atomic mass is 14.7. The lowest BCUT2D eigenvalue weighted by atomic mass is 9.78. The zero-order valence-corrected chi connectivity index (χ0v) is 25.2. The van der Waals surface area contributed by atoms with Gasteiger partial charge in [0.1, 0.15) is 0 Å². The van der Waals surface area contributed by atoms with E-state index in [-0.39, 0.29) is 5.41 Å². The third kappa shape index (κ3) is 3.30. The lowest BCUT2D eigenvalue weighted by Crippen LogP contribution is -2.16. The molecule has 1 heterocycles. The van der Waals surface area contributed by atoms with Gasteiger partial charge in [-0.2, -0.15) is 0 Å². The predicted octanol–water partition coefficient (Wildman–Crippen LogP) is 11.9. The number of fused-ring (bicyclic) bond motifs is 6. The first-order valence-electron chi connectivity index (χ1n) is 15.8. The number of nitrogens with zero attached hydrogens (tertiary/aromatic N) is 1. The molecule has 10 rings (SSSR count). The average Bonchev–Trinajstić information content (AvgIpc) is 3.32. The summed E-state index contributed by atoms with van der Waals surface area (Å²) in [5.74, 6) is 0. The molecular weight excluding hydrogens is 542 g/mol. The summed E-state index contributed by atoms with van der Waals surface area (Å²) in [6.07, 6.45) is 0. The van der Waals surface area contributed by atoms with E-state index in [2.05, 4.69) is 153 Å². The van der Waals surface area contributed by atoms with Gasteiger partial charge in [-0.15, -0.1) is 0 Å². The Hall–Kier alpha value is -5.53. The van der Waals surface area contributed by atoms with Crippen molar-refractivity contribution in [2.75, 3.05) is 0 Å². The third-order valence-electron chi connectivity index (χ3n) is 10.4. The van der Waals surface area contributed by atoms with Gasteiger partial charge in [-0.25, -0.2) is 4.98 Å². The highest BCUT2D eigenvalue weighted by Crippen LogP contribution is 2.54. The lowest BCUT2D eigenvalue weighted by molar-refractivity contribution is 0.662. The van der Waals surface area contributed by atoms with Gasteiger partial charge in [0.25, 0.3) is 0 Å². The number of hydrogen-bond acceptors (Lipinski definition) is 1. The van der Waals surface area contributed by atoms with Crippen molar-refractivity contribution in [3.8, 4) is 33.5 Å². The highest BCUT2D eigenvalue weighted by Gasteiger charge is 2.39. The second kappa shape index (κ2) is 8.77. The van der Waals surface area contributed by atoms with Crippen LogP contribution in [0.3, 0.4) is 0 Å².